The highest BCUT2D eigenvalue weighted by atomic mass is 16.3. The van der Waals surface area contributed by atoms with Crippen LogP contribution in [-0.4, -0.2) is 0 Å². The topological polar surface area (TPSA) is 39.4 Å². The van der Waals surface area contributed by atoms with E-state index in [0.29, 0.717) is 0 Å². The standard InChI is InChI=1S/C138H80O3/c1-4-28-82(29-5-1)131-105-40-16-21-45-110(105)134(111-46-22-17-41-106(111)131)93-63-69-128-125(77-93)137-104(52-27-53-129(137)140-128)97-50-26-51-101-102(97)64-58-81-54-55-85(70-116(81)101)86-59-66-115-123(71-86)135(112-47-23-18-42-107(112)133(115)84-32-8-3-9-33-84)92-62-68-127-122(76-92)121-75-89(61-67-126(121)139-127)117-73-88-56-57-90(74-118(88)100-39-15-14-38-99(100)117)120-78-94(136-113-48-24-19-43-108(113)132(83-30-6-2-7-31-83)109-44-20-25-49-114(109)136)79-124-103-65-60-91(80-130(103)141-138(120)124)119-72-87-34-10-11-35-95(87)96-36-12-13-37-98(96)119/h1-80H. The Bertz CT molecular complexity index is 10500. The zero-order chi connectivity index (χ0) is 92.2. The van der Waals surface area contributed by atoms with Crippen LogP contribution in [0.25, 0.3) is 317 Å². The molecule has 141 heavy (non-hydrogen) atoms. The van der Waals surface area contributed by atoms with Crippen molar-refractivity contribution in [1.82, 2.24) is 0 Å². The molecule has 0 aliphatic carbocycles. The quantitative estimate of drug-likeness (QED) is 0.0957. The summed E-state index contributed by atoms with van der Waals surface area (Å²) in [5.41, 5.74) is 30.6. The second-order valence-corrected chi connectivity index (χ2v) is 38.1. The molecule has 3 nitrogen and oxygen atoms in total. The maximum Gasteiger partial charge on any atom is 0.143 e. The van der Waals surface area contributed by atoms with E-state index >= 15 is 0 Å². The van der Waals surface area contributed by atoms with E-state index in [4.69, 9.17) is 13.3 Å². The van der Waals surface area contributed by atoms with Gasteiger partial charge in [0.15, 0.2) is 0 Å². The lowest BCUT2D eigenvalue weighted by Gasteiger charge is -2.19. The Morgan fingerprint density at radius 3 is 0.993 bits per heavy atom. The molecule has 3 heterocycles. The van der Waals surface area contributed by atoms with E-state index in [1.165, 1.54) is 169 Å². The predicted octanol–water partition coefficient (Wildman–Crippen LogP) is 39.6. The van der Waals surface area contributed by atoms with Crippen molar-refractivity contribution in [2.75, 3.05) is 0 Å². The molecule has 0 radical (unpaired) electrons. The van der Waals surface area contributed by atoms with Crippen molar-refractivity contribution >= 4 is 195 Å². The molecule has 27 aromatic carbocycles. The summed E-state index contributed by atoms with van der Waals surface area (Å²) in [5.74, 6) is 0. The van der Waals surface area contributed by atoms with E-state index in [2.05, 4.69) is 485 Å². The van der Waals surface area contributed by atoms with Gasteiger partial charge in [0.05, 0.1) is 0 Å². The average Bonchev–Trinajstić information content (AvgIpc) is 1.66. The predicted molar refractivity (Wildman–Crippen MR) is 598 cm³/mol. The van der Waals surface area contributed by atoms with Crippen molar-refractivity contribution in [3.8, 4) is 122 Å². The summed E-state index contributed by atoms with van der Waals surface area (Å²) in [6.07, 6.45) is 0. The molecule has 3 aromatic heterocycles. The van der Waals surface area contributed by atoms with Gasteiger partial charge in [0.25, 0.3) is 0 Å². The molecule has 0 saturated carbocycles. The Morgan fingerprint density at radius 1 is 0.106 bits per heavy atom. The molecule has 30 rings (SSSR count). The lowest BCUT2D eigenvalue weighted by Crippen LogP contribution is -1.92. The van der Waals surface area contributed by atoms with E-state index in [0.717, 1.165) is 149 Å². The average molecular weight is 1790 g/mol. The fourth-order valence-electron chi connectivity index (χ4n) is 24.3. The summed E-state index contributed by atoms with van der Waals surface area (Å²) in [4.78, 5) is 0. The summed E-state index contributed by atoms with van der Waals surface area (Å²) < 4.78 is 21.3. The van der Waals surface area contributed by atoms with Crippen LogP contribution in [0.1, 0.15) is 0 Å². The zero-order valence-electron chi connectivity index (χ0n) is 76.4. The van der Waals surface area contributed by atoms with Crippen molar-refractivity contribution in [2.24, 2.45) is 0 Å². The second kappa shape index (κ2) is 31.0. The van der Waals surface area contributed by atoms with Crippen molar-refractivity contribution in [3.05, 3.63) is 485 Å². The smallest absolute Gasteiger partial charge is 0.143 e. The van der Waals surface area contributed by atoms with Gasteiger partial charge in [0, 0.05) is 37.9 Å². The Morgan fingerprint density at radius 2 is 0.426 bits per heavy atom. The van der Waals surface area contributed by atoms with E-state index in [1.54, 1.807) is 0 Å². The van der Waals surface area contributed by atoms with Gasteiger partial charge in [-0.1, -0.05) is 388 Å². The molecule has 0 aliphatic heterocycles. The molecule has 650 valence electrons. The van der Waals surface area contributed by atoms with Crippen molar-refractivity contribution < 1.29 is 13.3 Å². The summed E-state index contributed by atoms with van der Waals surface area (Å²) >= 11 is 0. The third-order valence-electron chi connectivity index (χ3n) is 30.5. The fraction of sp³-hybridized carbons (Fsp3) is 0. The third kappa shape index (κ3) is 12.2. The molecule has 0 unspecified atom stereocenters. The van der Waals surface area contributed by atoms with Crippen molar-refractivity contribution in [3.63, 3.8) is 0 Å². The Kier molecular flexibility index (Phi) is 17.3. The van der Waals surface area contributed by atoms with Crippen LogP contribution in [0.5, 0.6) is 0 Å². The number of hydrogen-bond acceptors (Lipinski definition) is 3. The van der Waals surface area contributed by atoms with Crippen LogP contribution >= 0.6 is 0 Å². The van der Waals surface area contributed by atoms with E-state index in [-0.39, 0.29) is 0 Å². The maximum atomic E-state index is 7.46. The summed E-state index contributed by atoms with van der Waals surface area (Å²) in [6.45, 7) is 0. The molecule has 0 saturated heterocycles. The van der Waals surface area contributed by atoms with Gasteiger partial charge in [-0.2, -0.15) is 0 Å². The molecule has 0 N–H and O–H groups in total. The van der Waals surface area contributed by atoms with Crippen LogP contribution < -0.4 is 0 Å². The van der Waals surface area contributed by atoms with Crippen LogP contribution in [-0.2, 0) is 0 Å². The molecule has 30 aromatic rings. The van der Waals surface area contributed by atoms with Gasteiger partial charge in [0.2, 0.25) is 0 Å². The lowest BCUT2D eigenvalue weighted by atomic mass is 9.84. The largest absolute Gasteiger partial charge is 0.456 e. The van der Waals surface area contributed by atoms with Gasteiger partial charge in [-0.25, -0.2) is 0 Å². The highest BCUT2D eigenvalue weighted by molar-refractivity contribution is 6.29. The number of hydrogen-bond donors (Lipinski definition) is 0. The van der Waals surface area contributed by atoms with Crippen molar-refractivity contribution in [2.45, 2.75) is 0 Å². The molecule has 0 fully saturated rings. The first-order valence-corrected chi connectivity index (χ1v) is 48.7. The molecular formula is C138H80O3. The number of fused-ring (bicyclic) bond motifs is 24. The molecule has 0 aliphatic rings. The molecule has 0 bridgehead atoms. The van der Waals surface area contributed by atoms with Gasteiger partial charge in [0.1, 0.15) is 33.5 Å². The van der Waals surface area contributed by atoms with Gasteiger partial charge in [-0.3, -0.25) is 0 Å². The molecule has 0 amide bonds. The van der Waals surface area contributed by atoms with E-state index in [1.807, 2.05) is 0 Å². The summed E-state index contributed by atoms with van der Waals surface area (Å²) in [7, 11) is 0. The van der Waals surface area contributed by atoms with Crippen molar-refractivity contribution in [1.29, 1.82) is 0 Å². The van der Waals surface area contributed by atoms with Gasteiger partial charge >= 0.3 is 0 Å². The van der Waals surface area contributed by atoms with Crippen LogP contribution in [0.4, 0.5) is 0 Å². The van der Waals surface area contributed by atoms with Gasteiger partial charge < -0.3 is 13.3 Å². The number of rotatable bonds is 11. The molecular weight excluding hydrogens is 1710 g/mol. The lowest BCUT2D eigenvalue weighted by molar-refractivity contribution is 0.668. The third-order valence-corrected chi connectivity index (χ3v) is 30.5. The number of furan rings is 3. The normalized spacial score (nSPS) is 12.1. The second-order valence-electron chi connectivity index (χ2n) is 38.1. The Labute approximate surface area is 810 Å². The summed E-state index contributed by atoms with van der Waals surface area (Å²) in [6, 6.07) is 180. The van der Waals surface area contributed by atoms with Gasteiger partial charge in [-0.15, -0.1) is 0 Å². The van der Waals surface area contributed by atoms with E-state index < -0.39 is 0 Å². The first kappa shape index (κ1) is 78.8. The molecule has 0 spiro atoms. The van der Waals surface area contributed by atoms with E-state index in [9.17, 15) is 0 Å². The zero-order valence-corrected chi connectivity index (χ0v) is 76.4. The first-order chi connectivity index (χ1) is 69.9. The summed E-state index contributed by atoms with van der Waals surface area (Å²) in [5, 5.41) is 35.2. The minimum atomic E-state index is 0.836. The maximum absolute atomic E-state index is 7.46. The minimum absolute atomic E-state index is 0.836. The number of benzene rings is 27. The first-order valence-electron chi connectivity index (χ1n) is 48.7. The van der Waals surface area contributed by atoms with Crippen LogP contribution in [0.2, 0.25) is 0 Å². The SMILES string of the molecule is c1ccc(-c2c3ccccc3c(-c3cc(-c4ccc5cc(-c6ccc7oc8ccc(-c9c%10ccccc%10c(-c%10ccccc%10)c%10ccc(-c%11ccc%12ccc%13c(-c%14cccc%15oc%16ccc(-c%17c%18ccccc%18c(-c%18ccccc%18)c%18ccccc%17%18)cc%16c%14%15)cccc%13c%12c%11)cc9%10)cc8c7c6)c6ccccc6c5c4)c4oc5cc(-c6cc7ccccc7c7ccccc67)ccc5c4c3)c3ccccc23)cc1. The Balaban J connectivity index is 0.548. The fourth-order valence-corrected chi connectivity index (χ4v) is 24.3. The van der Waals surface area contributed by atoms with Gasteiger partial charge in [-0.05, 0) is 343 Å². The molecule has 0 atom stereocenters. The molecule has 3 heteroatoms. The highest BCUT2D eigenvalue weighted by Gasteiger charge is 2.28. The van der Waals surface area contributed by atoms with Crippen LogP contribution in [0, 0.1) is 0 Å². The van der Waals surface area contributed by atoms with Crippen LogP contribution in [0.15, 0.2) is 499 Å². The van der Waals surface area contributed by atoms with Crippen LogP contribution in [0.3, 0.4) is 0 Å². The monoisotopic (exact) mass is 1780 g/mol. The minimum Gasteiger partial charge on any atom is -0.456 e. The Hall–Kier alpha value is -18.5. The highest BCUT2D eigenvalue weighted by Crippen LogP contribution is 2.54.